The molecule has 1 saturated carbocycles. The van der Waals surface area contributed by atoms with Crippen molar-refractivity contribution < 1.29 is 4.79 Å². The number of hydrogen-bond acceptors (Lipinski definition) is 2. The number of carbonyl (C=O) groups is 1. The van der Waals surface area contributed by atoms with E-state index in [2.05, 4.69) is 19.1 Å². The Balaban J connectivity index is 2.16. The van der Waals surface area contributed by atoms with E-state index in [0.717, 1.165) is 25.8 Å². The first-order valence-corrected chi connectivity index (χ1v) is 7.58. The molecular weight excluding hydrogens is 248 g/mol. The predicted molar refractivity (Wildman–Crippen MR) is 82.2 cm³/mol. The Morgan fingerprint density at radius 1 is 1.45 bits per heavy atom. The largest absolute Gasteiger partial charge is 0.338 e. The third kappa shape index (κ3) is 2.73. The van der Waals surface area contributed by atoms with Crippen LogP contribution in [0.3, 0.4) is 0 Å². The number of benzene rings is 1. The van der Waals surface area contributed by atoms with E-state index in [1.54, 1.807) is 0 Å². The van der Waals surface area contributed by atoms with Gasteiger partial charge in [-0.25, -0.2) is 0 Å². The van der Waals surface area contributed by atoms with E-state index in [4.69, 9.17) is 5.73 Å². The third-order valence-electron chi connectivity index (χ3n) is 4.81. The summed E-state index contributed by atoms with van der Waals surface area (Å²) in [5.41, 5.74) is 8.26. The average Bonchev–Trinajstić information content (AvgIpc) is 2.78. The average molecular weight is 274 g/mol. The van der Waals surface area contributed by atoms with Crippen molar-refractivity contribution in [3.05, 3.63) is 35.4 Å². The van der Waals surface area contributed by atoms with Crippen LogP contribution in [0, 0.1) is 12.3 Å². The van der Waals surface area contributed by atoms with Crippen molar-refractivity contribution in [3.8, 4) is 0 Å². The maximum absolute atomic E-state index is 12.9. The molecule has 20 heavy (non-hydrogen) atoms. The number of aryl methyl sites for hydroxylation is 1. The van der Waals surface area contributed by atoms with Crippen molar-refractivity contribution in [3.63, 3.8) is 0 Å². The van der Waals surface area contributed by atoms with Crippen LogP contribution in [0.1, 0.15) is 44.2 Å². The van der Waals surface area contributed by atoms with Crippen molar-refractivity contribution >= 4 is 5.91 Å². The Kier molecular flexibility index (Phi) is 4.48. The molecule has 0 bridgehead atoms. The minimum Gasteiger partial charge on any atom is -0.338 e. The molecule has 0 saturated heterocycles. The van der Waals surface area contributed by atoms with Crippen molar-refractivity contribution in [1.82, 2.24) is 4.90 Å². The first-order chi connectivity index (χ1) is 9.49. The second kappa shape index (κ2) is 5.96. The first kappa shape index (κ1) is 15.0. The molecule has 2 rings (SSSR count). The number of rotatable bonds is 4. The highest BCUT2D eigenvalue weighted by Gasteiger charge is 2.44. The number of nitrogens with two attached hydrogens (primary N) is 1. The van der Waals surface area contributed by atoms with Gasteiger partial charge in [-0.1, -0.05) is 30.7 Å². The van der Waals surface area contributed by atoms with Crippen LogP contribution in [0.5, 0.6) is 0 Å². The van der Waals surface area contributed by atoms with Crippen LogP contribution in [0.15, 0.2) is 24.3 Å². The molecule has 0 heterocycles. The fraction of sp³-hybridized carbons (Fsp3) is 0.588. The van der Waals surface area contributed by atoms with E-state index in [1.165, 1.54) is 11.1 Å². The Labute approximate surface area is 122 Å². The summed E-state index contributed by atoms with van der Waals surface area (Å²) in [6.45, 7) is 7.59. The molecule has 1 aliphatic rings. The highest BCUT2D eigenvalue weighted by molar-refractivity contribution is 5.83. The fourth-order valence-electron chi connectivity index (χ4n) is 3.14. The molecule has 110 valence electrons. The van der Waals surface area contributed by atoms with Gasteiger partial charge in [0, 0.05) is 19.1 Å². The van der Waals surface area contributed by atoms with Crippen LogP contribution in [0.25, 0.3) is 0 Å². The Bertz CT molecular complexity index is 486. The summed E-state index contributed by atoms with van der Waals surface area (Å²) in [6.07, 6.45) is 2.94. The van der Waals surface area contributed by atoms with E-state index in [0.29, 0.717) is 6.54 Å². The molecular formula is C17H26N2O. The summed E-state index contributed by atoms with van der Waals surface area (Å²) in [6, 6.07) is 8.26. The molecule has 3 heteroatoms. The summed E-state index contributed by atoms with van der Waals surface area (Å²) in [4.78, 5) is 14.8. The van der Waals surface area contributed by atoms with Gasteiger partial charge in [-0.15, -0.1) is 0 Å². The van der Waals surface area contributed by atoms with Crippen LogP contribution in [0.4, 0.5) is 0 Å². The second-order valence-electron chi connectivity index (χ2n) is 6.16. The minimum atomic E-state index is -0.376. The molecule has 2 N–H and O–H groups in total. The van der Waals surface area contributed by atoms with Crippen LogP contribution in [-0.2, 0) is 11.3 Å². The second-order valence-corrected chi connectivity index (χ2v) is 6.16. The van der Waals surface area contributed by atoms with Gasteiger partial charge in [0.1, 0.15) is 0 Å². The molecule has 0 spiro atoms. The number of nitrogens with zero attached hydrogens (tertiary/aromatic N) is 1. The van der Waals surface area contributed by atoms with Crippen molar-refractivity contribution in [1.29, 1.82) is 0 Å². The summed E-state index contributed by atoms with van der Waals surface area (Å²) < 4.78 is 0. The standard InChI is InChI=1S/C17H26N2O/c1-4-19(12-14-9-6-5-8-13(14)2)16(20)17(3)11-7-10-15(17)18/h5-6,8-9,15H,4,7,10-12,18H2,1-3H3. The molecule has 1 aromatic rings. The lowest BCUT2D eigenvalue weighted by atomic mass is 9.83. The van der Waals surface area contributed by atoms with Crippen molar-refractivity contribution in [2.24, 2.45) is 11.1 Å². The normalized spacial score (nSPS) is 25.7. The highest BCUT2D eigenvalue weighted by Crippen LogP contribution is 2.38. The lowest BCUT2D eigenvalue weighted by Crippen LogP contribution is -2.49. The number of hydrogen-bond donors (Lipinski definition) is 1. The van der Waals surface area contributed by atoms with Gasteiger partial charge >= 0.3 is 0 Å². The van der Waals surface area contributed by atoms with E-state index >= 15 is 0 Å². The molecule has 1 aliphatic carbocycles. The summed E-state index contributed by atoms with van der Waals surface area (Å²) in [5.74, 6) is 0.216. The molecule has 0 radical (unpaired) electrons. The Hall–Kier alpha value is -1.35. The first-order valence-electron chi connectivity index (χ1n) is 7.58. The number of amides is 1. The zero-order valence-corrected chi connectivity index (χ0v) is 12.9. The van der Waals surface area contributed by atoms with Gasteiger partial charge < -0.3 is 10.6 Å². The topological polar surface area (TPSA) is 46.3 Å². The van der Waals surface area contributed by atoms with Crippen LogP contribution >= 0.6 is 0 Å². The molecule has 2 atom stereocenters. The molecule has 1 fully saturated rings. The highest BCUT2D eigenvalue weighted by atomic mass is 16.2. The molecule has 1 amide bonds. The number of carbonyl (C=O) groups excluding carboxylic acids is 1. The van der Waals surface area contributed by atoms with Gasteiger partial charge in [-0.3, -0.25) is 4.79 Å². The van der Waals surface area contributed by atoms with Gasteiger partial charge in [0.05, 0.1) is 5.41 Å². The van der Waals surface area contributed by atoms with Crippen LogP contribution in [0.2, 0.25) is 0 Å². The Morgan fingerprint density at radius 3 is 2.70 bits per heavy atom. The van der Waals surface area contributed by atoms with E-state index in [9.17, 15) is 4.79 Å². The summed E-state index contributed by atoms with van der Waals surface area (Å²) >= 11 is 0. The van der Waals surface area contributed by atoms with E-state index in [1.807, 2.05) is 30.9 Å². The van der Waals surface area contributed by atoms with E-state index < -0.39 is 0 Å². The van der Waals surface area contributed by atoms with Gasteiger partial charge in [-0.2, -0.15) is 0 Å². The molecule has 2 unspecified atom stereocenters. The maximum Gasteiger partial charge on any atom is 0.230 e. The SMILES string of the molecule is CCN(Cc1ccccc1C)C(=O)C1(C)CCCC1N. The summed E-state index contributed by atoms with van der Waals surface area (Å²) in [5, 5.41) is 0. The lowest BCUT2D eigenvalue weighted by Gasteiger charge is -2.34. The molecule has 0 aliphatic heterocycles. The Morgan fingerprint density at radius 2 is 2.15 bits per heavy atom. The van der Waals surface area contributed by atoms with Gasteiger partial charge in [0.25, 0.3) is 0 Å². The smallest absolute Gasteiger partial charge is 0.230 e. The van der Waals surface area contributed by atoms with Gasteiger partial charge in [-0.05, 0) is 44.7 Å². The predicted octanol–water partition coefficient (Wildman–Crippen LogP) is 2.86. The maximum atomic E-state index is 12.9. The quantitative estimate of drug-likeness (QED) is 0.917. The lowest BCUT2D eigenvalue weighted by molar-refractivity contribution is -0.142. The fourth-order valence-corrected chi connectivity index (χ4v) is 3.14. The van der Waals surface area contributed by atoms with Gasteiger partial charge in [0.2, 0.25) is 5.91 Å². The molecule has 3 nitrogen and oxygen atoms in total. The molecule has 1 aromatic carbocycles. The van der Waals surface area contributed by atoms with Crippen molar-refractivity contribution in [2.45, 2.75) is 52.6 Å². The third-order valence-corrected chi connectivity index (χ3v) is 4.81. The zero-order valence-electron chi connectivity index (χ0n) is 12.9. The van der Waals surface area contributed by atoms with E-state index in [-0.39, 0.29) is 17.4 Å². The summed E-state index contributed by atoms with van der Waals surface area (Å²) in [7, 11) is 0. The van der Waals surface area contributed by atoms with Gasteiger partial charge in [0.15, 0.2) is 0 Å². The molecule has 0 aromatic heterocycles. The van der Waals surface area contributed by atoms with Crippen molar-refractivity contribution in [2.75, 3.05) is 6.54 Å². The monoisotopic (exact) mass is 274 g/mol. The zero-order chi connectivity index (χ0) is 14.8. The van der Waals surface area contributed by atoms with Crippen LogP contribution in [-0.4, -0.2) is 23.4 Å². The minimum absolute atomic E-state index is 0.000852. The van der Waals surface area contributed by atoms with Crippen LogP contribution < -0.4 is 5.73 Å².